The van der Waals surface area contributed by atoms with Crippen LogP contribution < -0.4 is 11.3 Å². The SMILES string of the molecule is Cc1cccc(CCC(C)NN)c1. The molecular weight excluding hydrogens is 160 g/mol. The molecule has 1 aromatic rings. The summed E-state index contributed by atoms with van der Waals surface area (Å²) in [5, 5.41) is 0. The van der Waals surface area contributed by atoms with Gasteiger partial charge in [-0.25, -0.2) is 0 Å². The first kappa shape index (κ1) is 10.2. The van der Waals surface area contributed by atoms with Crippen LogP contribution in [0.5, 0.6) is 0 Å². The predicted molar refractivity (Wildman–Crippen MR) is 56.3 cm³/mol. The molecule has 3 N–H and O–H groups in total. The first-order valence-electron chi connectivity index (χ1n) is 4.74. The highest BCUT2D eigenvalue weighted by atomic mass is 15.2. The van der Waals surface area contributed by atoms with Crippen molar-refractivity contribution >= 4 is 0 Å². The van der Waals surface area contributed by atoms with Gasteiger partial charge in [-0.3, -0.25) is 11.3 Å². The third-order valence-electron chi connectivity index (χ3n) is 2.23. The Morgan fingerprint density at radius 3 is 2.85 bits per heavy atom. The number of aryl methyl sites for hydroxylation is 2. The smallest absolute Gasteiger partial charge is 0.0185 e. The lowest BCUT2D eigenvalue weighted by molar-refractivity contribution is 0.532. The van der Waals surface area contributed by atoms with Crippen molar-refractivity contribution in [3.63, 3.8) is 0 Å². The molecule has 0 fully saturated rings. The van der Waals surface area contributed by atoms with Crippen LogP contribution in [0.25, 0.3) is 0 Å². The van der Waals surface area contributed by atoms with Gasteiger partial charge in [0.25, 0.3) is 0 Å². The Balaban J connectivity index is 2.45. The van der Waals surface area contributed by atoms with Gasteiger partial charge in [0.15, 0.2) is 0 Å². The maximum absolute atomic E-state index is 5.32. The zero-order valence-corrected chi connectivity index (χ0v) is 8.38. The van der Waals surface area contributed by atoms with Crippen molar-refractivity contribution < 1.29 is 0 Å². The summed E-state index contributed by atoms with van der Waals surface area (Å²) in [5.41, 5.74) is 5.47. The Labute approximate surface area is 80.1 Å². The molecule has 0 amide bonds. The van der Waals surface area contributed by atoms with Crippen LogP contribution in [-0.2, 0) is 6.42 Å². The average molecular weight is 178 g/mol. The van der Waals surface area contributed by atoms with E-state index in [0.29, 0.717) is 6.04 Å². The van der Waals surface area contributed by atoms with E-state index in [-0.39, 0.29) is 0 Å². The van der Waals surface area contributed by atoms with Crippen molar-refractivity contribution in [1.29, 1.82) is 0 Å². The van der Waals surface area contributed by atoms with Gasteiger partial charge in [-0.15, -0.1) is 0 Å². The first-order valence-corrected chi connectivity index (χ1v) is 4.74. The van der Waals surface area contributed by atoms with Crippen molar-refractivity contribution in [1.82, 2.24) is 5.43 Å². The quantitative estimate of drug-likeness (QED) is 0.545. The van der Waals surface area contributed by atoms with E-state index in [4.69, 9.17) is 5.84 Å². The van der Waals surface area contributed by atoms with Gasteiger partial charge in [0.2, 0.25) is 0 Å². The van der Waals surface area contributed by atoms with Gasteiger partial charge in [0, 0.05) is 6.04 Å². The molecule has 0 radical (unpaired) electrons. The maximum atomic E-state index is 5.32. The van der Waals surface area contributed by atoms with Crippen molar-refractivity contribution in [2.75, 3.05) is 0 Å². The molecule has 0 spiro atoms. The molecule has 1 aromatic carbocycles. The van der Waals surface area contributed by atoms with Gasteiger partial charge in [-0.1, -0.05) is 29.8 Å². The number of hydrazine groups is 1. The Bertz CT molecular complexity index is 258. The summed E-state index contributed by atoms with van der Waals surface area (Å²) >= 11 is 0. The van der Waals surface area contributed by atoms with Gasteiger partial charge in [0.1, 0.15) is 0 Å². The first-order chi connectivity index (χ1) is 6.22. The number of hydrogen-bond acceptors (Lipinski definition) is 2. The fraction of sp³-hybridized carbons (Fsp3) is 0.455. The third-order valence-corrected chi connectivity index (χ3v) is 2.23. The number of rotatable bonds is 4. The lowest BCUT2D eigenvalue weighted by Gasteiger charge is -2.09. The van der Waals surface area contributed by atoms with E-state index in [1.165, 1.54) is 11.1 Å². The van der Waals surface area contributed by atoms with E-state index in [2.05, 4.69) is 43.5 Å². The monoisotopic (exact) mass is 178 g/mol. The molecule has 0 aliphatic rings. The second kappa shape index (κ2) is 5.00. The van der Waals surface area contributed by atoms with E-state index in [1.54, 1.807) is 0 Å². The lowest BCUT2D eigenvalue weighted by atomic mass is 10.0. The summed E-state index contributed by atoms with van der Waals surface area (Å²) < 4.78 is 0. The molecule has 2 nitrogen and oxygen atoms in total. The van der Waals surface area contributed by atoms with Crippen LogP contribution in [0.2, 0.25) is 0 Å². The molecule has 1 unspecified atom stereocenters. The molecule has 0 heterocycles. The van der Waals surface area contributed by atoms with Crippen LogP contribution >= 0.6 is 0 Å². The van der Waals surface area contributed by atoms with Crippen LogP contribution in [0.1, 0.15) is 24.5 Å². The number of nitrogens with one attached hydrogen (secondary N) is 1. The maximum Gasteiger partial charge on any atom is 0.0185 e. The van der Waals surface area contributed by atoms with Crippen LogP contribution in [0.15, 0.2) is 24.3 Å². The van der Waals surface area contributed by atoms with Gasteiger partial charge in [-0.05, 0) is 32.3 Å². The molecule has 0 aliphatic heterocycles. The summed E-state index contributed by atoms with van der Waals surface area (Å²) in [6.07, 6.45) is 2.17. The van der Waals surface area contributed by atoms with Gasteiger partial charge in [-0.2, -0.15) is 0 Å². The Morgan fingerprint density at radius 1 is 1.46 bits per heavy atom. The Hall–Kier alpha value is -0.860. The number of benzene rings is 1. The molecule has 0 aliphatic carbocycles. The van der Waals surface area contributed by atoms with E-state index in [9.17, 15) is 0 Å². The second-order valence-electron chi connectivity index (χ2n) is 3.60. The van der Waals surface area contributed by atoms with Gasteiger partial charge < -0.3 is 0 Å². The molecule has 0 bridgehead atoms. The fourth-order valence-electron chi connectivity index (χ4n) is 1.33. The van der Waals surface area contributed by atoms with E-state index in [1.807, 2.05) is 0 Å². The van der Waals surface area contributed by atoms with Crippen molar-refractivity contribution in [3.8, 4) is 0 Å². The molecule has 72 valence electrons. The standard InChI is InChI=1S/C11H18N2/c1-9-4-3-5-11(8-9)7-6-10(2)13-12/h3-5,8,10,13H,6-7,12H2,1-2H3. The van der Waals surface area contributed by atoms with Gasteiger partial charge >= 0.3 is 0 Å². The highest BCUT2D eigenvalue weighted by Crippen LogP contribution is 2.07. The molecule has 2 heteroatoms. The van der Waals surface area contributed by atoms with Crippen LogP contribution in [0.3, 0.4) is 0 Å². The number of nitrogens with two attached hydrogens (primary N) is 1. The van der Waals surface area contributed by atoms with Crippen LogP contribution in [0.4, 0.5) is 0 Å². The van der Waals surface area contributed by atoms with E-state index >= 15 is 0 Å². The topological polar surface area (TPSA) is 38.0 Å². The highest BCUT2D eigenvalue weighted by Gasteiger charge is 1.99. The fourth-order valence-corrected chi connectivity index (χ4v) is 1.33. The Morgan fingerprint density at radius 2 is 2.23 bits per heavy atom. The van der Waals surface area contributed by atoms with Gasteiger partial charge in [0.05, 0.1) is 0 Å². The molecule has 13 heavy (non-hydrogen) atoms. The lowest BCUT2D eigenvalue weighted by Crippen LogP contribution is -2.32. The summed E-state index contributed by atoms with van der Waals surface area (Å²) in [4.78, 5) is 0. The molecular formula is C11H18N2. The van der Waals surface area contributed by atoms with Crippen LogP contribution in [0, 0.1) is 6.92 Å². The molecule has 0 aromatic heterocycles. The molecule has 1 atom stereocenters. The largest absolute Gasteiger partial charge is 0.271 e. The van der Waals surface area contributed by atoms with Crippen molar-refractivity contribution in [2.45, 2.75) is 32.7 Å². The normalized spacial score (nSPS) is 12.8. The predicted octanol–water partition coefficient (Wildman–Crippen LogP) is 1.78. The zero-order valence-electron chi connectivity index (χ0n) is 8.38. The Kier molecular flexibility index (Phi) is 3.93. The minimum Gasteiger partial charge on any atom is -0.271 e. The van der Waals surface area contributed by atoms with Crippen molar-refractivity contribution in [3.05, 3.63) is 35.4 Å². The molecule has 0 saturated carbocycles. The molecule has 1 rings (SSSR count). The van der Waals surface area contributed by atoms with E-state index in [0.717, 1.165) is 12.8 Å². The van der Waals surface area contributed by atoms with Crippen molar-refractivity contribution in [2.24, 2.45) is 5.84 Å². The average Bonchev–Trinajstić information content (AvgIpc) is 2.14. The second-order valence-corrected chi connectivity index (χ2v) is 3.60. The third kappa shape index (κ3) is 3.57. The van der Waals surface area contributed by atoms with Crippen LogP contribution in [-0.4, -0.2) is 6.04 Å². The molecule has 0 saturated heterocycles. The number of hydrogen-bond donors (Lipinski definition) is 2. The highest BCUT2D eigenvalue weighted by molar-refractivity contribution is 5.22. The summed E-state index contributed by atoms with van der Waals surface area (Å²) in [6.45, 7) is 4.21. The summed E-state index contributed by atoms with van der Waals surface area (Å²) in [7, 11) is 0. The zero-order chi connectivity index (χ0) is 9.68. The minimum atomic E-state index is 0.389. The summed E-state index contributed by atoms with van der Waals surface area (Å²) in [6, 6.07) is 9.00. The minimum absolute atomic E-state index is 0.389. The van der Waals surface area contributed by atoms with E-state index < -0.39 is 0 Å². The summed E-state index contributed by atoms with van der Waals surface area (Å²) in [5.74, 6) is 5.32.